The molecule has 4 heterocycles. The number of aromatic nitrogens is 5. The number of carbonyl (C=O) groups excluding carboxylic acids is 1. The van der Waals surface area contributed by atoms with Gasteiger partial charge in [0.2, 0.25) is 0 Å². The molecule has 0 saturated carbocycles. The van der Waals surface area contributed by atoms with E-state index >= 15 is 0 Å². The lowest BCUT2D eigenvalue weighted by atomic mass is 9.98. The van der Waals surface area contributed by atoms with Crippen LogP contribution in [0.4, 0.5) is 5.69 Å². The first-order valence-corrected chi connectivity index (χ1v) is 11.2. The Bertz CT molecular complexity index is 1290. The van der Waals surface area contributed by atoms with E-state index in [1.807, 2.05) is 16.8 Å². The van der Waals surface area contributed by atoms with E-state index in [1.165, 1.54) is 6.20 Å². The minimum absolute atomic E-state index is 0.313. The number of piperidine rings is 1. The van der Waals surface area contributed by atoms with Gasteiger partial charge >= 0.3 is 0 Å². The number of carbonyl (C=O) groups is 1. The minimum atomic E-state index is -0.313. The van der Waals surface area contributed by atoms with Crippen LogP contribution in [-0.4, -0.2) is 50.5 Å². The SMILES string of the molecule is COc1ccc(Cl)cc1-c1c(NC(=O)c2cnn3cccnc23)cnn1CC1CCNCC1. The van der Waals surface area contributed by atoms with Gasteiger partial charge in [0.05, 0.1) is 30.9 Å². The lowest BCUT2D eigenvalue weighted by Gasteiger charge is -2.23. The number of rotatable bonds is 6. The standard InChI is InChI=1S/C23H24ClN7O2/c1-33-20-4-3-16(24)11-17(20)21-19(13-28-31(21)14-15-5-8-25-9-6-15)29-23(32)18-12-27-30-10-2-7-26-22(18)30/h2-4,7,10-13,15,25H,5-6,8-9,14H2,1H3,(H,29,32). The van der Waals surface area contributed by atoms with Crippen LogP contribution in [0.5, 0.6) is 5.75 Å². The third-order valence-corrected chi connectivity index (χ3v) is 6.15. The summed E-state index contributed by atoms with van der Waals surface area (Å²) in [6.07, 6.45) is 8.71. The van der Waals surface area contributed by atoms with Crippen molar-refractivity contribution in [3.8, 4) is 17.0 Å². The molecule has 0 bridgehead atoms. The van der Waals surface area contributed by atoms with Gasteiger partial charge in [-0.15, -0.1) is 0 Å². The van der Waals surface area contributed by atoms with Crippen LogP contribution < -0.4 is 15.4 Å². The molecule has 0 spiro atoms. The fourth-order valence-electron chi connectivity index (χ4n) is 4.25. The second-order valence-corrected chi connectivity index (χ2v) is 8.46. The van der Waals surface area contributed by atoms with Crippen molar-refractivity contribution in [2.75, 3.05) is 25.5 Å². The highest BCUT2D eigenvalue weighted by molar-refractivity contribution is 6.31. The van der Waals surface area contributed by atoms with Gasteiger partial charge in [0.1, 0.15) is 11.3 Å². The van der Waals surface area contributed by atoms with Crippen LogP contribution in [0.3, 0.4) is 0 Å². The number of fused-ring (bicyclic) bond motifs is 1. The Balaban J connectivity index is 1.54. The van der Waals surface area contributed by atoms with Crippen LogP contribution in [0.15, 0.2) is 49.1 Å². The summed E-state index contributed by atoms with van der Waals surface area (Å²) in [6, 6.07) is 7.19. The third kappa shape index (κ3) is 4.29. The van der Waals surface area contributed by atoms with Crippen molar-refractivity contribution in [1.29, 1.82) is 0 Å². The molecule has 1 amide bonds. The first kappa shape index (κ1) is 21.4. The van der Waals surface area contributed by atoms with Gasteiger partial charge in [0.25, 0.3) is 5.91 Å². The molecule has 0 aliphatic carbocycles. The van der Waals surface area contributed by atoms with E-state index in [0.717, 1.165) is 43.7 Å². The maximum Gasteiger partial charge on any atom is 0.261 e. The van der Waals surface area contributed by atoms with Gasteiger partial charge in [0.15, 0.2) is 5.65 Å². The fraction of sp³-hybridized carbons (Fsp3) is 0.304. The van der Waals surface area contributed by atoms with Gasteiger partial charge in [-0.1, -0.05) is 11.6 Å². The summed E-state index contributed by atoms with van der Waals surface area (Å²) in [5.74, 6) is 0.828. The molecule has 0 radical (unpaired) electrons. The molecule has 1 saturated heterocycles. The van der Waals surface area contributed by atoms with Gasteiger partial charge in [-0.3, -0.25) is 9.48 Å². The van der Waals surface area contributed by atoms with E-state index in [4.69, 9.17) is 16.3 Å². The zero-order chi connectivity index (χ0) is 22.8. The second kappa shape index (κ2) is 9.21. The van der Waals surface area contributed by atoms with Crippen molar-refractivity contribution in [3.05, 3.63) is 59.6 Å². The number of halogens is 1. The zero-order valence-corrected chi connectivity index (χ0v) is 18.9. The molecule has 0 atom stereocenters. The Hall–Kier alpha value is -3.43. The maximum atomic E-state index is 13.2. The minimum Gasteiger partial charge on any atom is -0.496 e. The van der Waals surface area contributed by atoms with Gasteiger partial charge in [-0.05, 0) is 56.1 Å². The summed E-state index contributed by atoms with van der Waals surface area (Å²) >= 11 is 6.34. The summed E-state index contributed by atoms with van der Waals surface area (Å²) in [5.41, 5.74) is 2.96. The Morgan fingerprint density at radius 2 is 2.12 bits per heavy atom. The molecule has 9 nitrogen and oxygen atoms in total. The predicted molar refractivity (Wildman–Crippen MR) is 126 cm³/mol. The smallest absolute Gasteiger partial charge is 0.261 e. The Morgan fingerprint density at radius 3 is 2.94 bits per heavy atom. The quantitative estimate of drug-likeness (QED) is 0.452. The zero-order valence-electron chi connectivity index (χ0n) is 18.2. The van der Waals surface area contributed by atoms with Crippen molar-refractivity contribution in [3.63, 3.8) is 0 Å². The fourth-order valence-corrected chi connectivity index (χ4v) is 4.42. The number of ether oxygens (including phenoxy) is 1. The maximum absolute atomic E-state index is 13.2. The number of methoxy groups -OCH3 is 1. The monoisotopic (exact) mass is 465 g/mol. The molecule has 33 heavy (non-hydrogen) atoms. The van der Waals surface area contributed by atoms with Gasteiger partial charge in [-0.25, -0.2) is 9.50 Å². The topological polar surface area (TPSA) is 98.4 Å². The highest BCUT2D eigenvalue weighted by atomic mass is 35.5. The van der Waals surface area contributed by atoms with E-state index in [2.05, 4.69) is 25.8 Å². The largest absolute Gasteiger partial charge is 0.496 e. The molecular formula is C23H24ClN7O2. The molecule has 1 aliphatic rings. The Labute approximate surface area is 195 Å². The Morgan fingerprint density at radius 1 is 1.27 bits per heavy atom. The van der Waals surface area contributed by atoms with E-state index in [9.17, 15) is 4.79 Å². The number of nitrogens with one attached hydrogen (secondary N) is 2. The van der Waals surface area contributed by atoms with E-state index in [1.54, 1.807) is 42.3 Å². The first-order chi connectivity index (χ1) is 16.1. The number of amides is 1. The summed E-state index contributed by atoms with van der Waals surface area (Å²) in [4.78, 5) is 17.5. The van der Waals surface area contributed by atoms with Crippen molar-refractivity contribution in [1.82, 2.24) is 29.7 Å². The lowest BCUT2D eigenvalue weighted by molar-refractivity contribution is 0.102. The van der Waals surface area contributed by atoms with E-state index in [0.29, 0.717) is 33.6 Å². The average Bonchev–Trinajstić information content (AvgIpc) is 3.44. The number of hydrogen-bond donors (Lipinski definition) is 2. The molecular weight excluding hydrogens is 442 g/mol. The lowest BCUT2D eigenvalue weighted by Crippen LogP contribution is -2.30. The highest BCUT2D eigenvalue weighted by Gasteiger charge is 2.23. The van der Waals surface area contributed by atoms with Crippen molar-refractivity contribution in [2.45, 2.75) is 19.4 Å². The molecule has 3 aromatic heterocycles. The predicted octanol–water partition coefficient (Wildman–Crippen LogP) is 3.51. The number of nitrogens with zero attached hydrogens (tertiary/aromatic N) is 5. The molecule has 1 aromatic carbocycles. The van der Waals surface area contributed by atoms with Crippen LogP contribution in [-0.2, 0) is 6.54 Å². The normalized spacial score (nSPS) is 14.5. The summed E-state index contributed by atoms with van der Waals surface area (Å²) in [5, 5.41) is 15.8. The third-order valence-electron chi connectivity index (χ3n) is 5.92. The van der Waals surface area contributed by atoms with Crippen molar-refractivity contribution < 1.29 is 9.53 Å². The van der Waals surface area contributed by atoms with Crippen LogP contribution in [0.2, 0.25) is 5.02 Å². The summed E-state index contributed by atoms with van der Waals surface area (Å²) in [6.45, 7) is 2.72. The highest BCUT2D eigenvalue weighted by Crippen LogP contribution is 2.38. The van der Waals surface area contributed by atoms with Crippen LogP contribution in [0.1, 0.15) is 23.2 Å². The second-order valence-electron chi connectivity index (χ2n) is 8.03. The van der Waals surface area contributed by atoms with Gasteiger partial charge in [0, 0.05) is 29.5 Å². The average molecular weight is 466 g/mol. The number of hydrogen-bond acceptors (Lipinski definition) is 6. The van der Waals surface area contributed by atoms with Crippen LogP contribution >= 0.6 is 11.6 Å². The number of anilines is 1. The molecule has 170 valence electrons. The van der Waals surface area contributed by atoms with Crippen LogP contribution in [0.25, 0.3) is 16.9 Å². The summed E-state index contributed by atoms with van der Waals surface area (Å²) < 4.78 is 9.12. The van der Waals surface area contributed by atoms with Crippen LogP contribution in [0, 0.1) is 5.92 Å². The molecule has 2 N–H and O–H groups in total. The van der Waals surface area contributed by atoms with E-state index < -0.39 is 0 Å². The molecule has 4 aromatic rings. The van der Waals surface area contributed by atoms with Crippen molar-refractivity contribution >= 4 is 28.8 Å². The van der Waals surface area contributed by atoms with E-state index in [-0.39, 0.29) is 5.91 Å². The molecule has 0 unspecified atom stereocenters. The molecule has 1 fully saturated rings. The molecule has 5 rings (SSSR count). The molecule has 1 aliphatic heterocycles. The van der Waals surface area contributed by atoms with Gasteiger partial charge in [-0.2, -0.15) is 10.2 Å². The Kier molecular flexibility index (Phi) is 5.97. The van der Waals surface area contributed by atoms with Crippen molar-refractivity contribution in [2.24, 2.45) is 5.92 Å². The van der Waals surface area contributed by atoms with Gasteiger partial charge < -0.3 is 15.4 Å². The summed E-state index contributed by atoms with van der Waals surface area (Å²) in [7, 11) is 1.61. The first-order valence-electron chi connectivity index (χ1n) is 10.8. The number of benzene rings is 1. The molecule has 10 heteroatoms.